The second kappa shape index (κ2) is 8.53. The van der Waals surface area contributed by atoms with E-state index in [0.717, 1.165) is 29.1 Å². The molecule has 0 unspecified atom stereocenters. The standard InChI is InChI=1S/C20H21N3OS/c1-15-4-2-3-5-17(15)13-22-19(24)12-18-14-25-20(23-18)7-6-16-8-10-21-11-9-16/h2-5,8-11,14H,6-7,12-13H2,1H3,(H,22,24). The number of hydrogen-bond donors (Lipinski definition) is 1. The lowest BCUT2D eigenvalue weighted by atomic mass is 10.1. The Morgan fingerprint density at radius 1 is 1.12 bits per heavy atom. The monoisotopic (exact) mass is 351 g/mol. The van der Waals surface area contributed by atoms with E-state index >= 15 is 0 Å². The van der Waals surface area contributed by atoms with Crippen molar-refractivity contribution in [1.29, 1.82) is 0 Å². The van der Waals surface area contributed by atoms with Crippen molar-refractivity contribution in [1.82, 2.24) is 15.3 Å². The molecule has 2 heterocycles. The van der Waals surface area contributed by atoms with Gasteiger partial charge in [-0.3, -0.25) is 9.78 Å². The summed E-state index contributed by atoms with van der Waals surface area (Å²) in [7, 11) is 0. The van der Waals surface area contributed by atoms with Crippen molar-refractivity contribution in [3.05, 3.63) is 81.6 Å². The zero-order chi connectivity index (χ0) is 17.5. The highest BCUT2D eigenvalue weighted by Gasteiger charge is 2.08. The van der Waals surface area contributed by atoms with Crippen molar-refractivity contribution in [2.75, 3.05) is 0 Å². The quantitative estimate of drug-likeness (QED) is 0.709. The first-order chi connectivity index (χ1) is 12.2. The molecule has 1 aromatic carbocycles. The van der Waals surface area contributed by atoms with Crippen molar-refractivity contribution >= 4 is 17.2 Å². The van der Waals surface area contributed by atoms with E-state index in [1.807, 2.05) is 35.7 Å². The molecular weight excluding hydrogens is 330 g/mol. The summed E-state index contributed by atoms with van der Waals surface area (Å²) < 4.78 is 0. The third kappa shape index (κ3) is 5.22. The molecule has 0 saturated carbocycles. The highest BCUT2D eigenvalue weighted by molar-refractivity contribution is 7.09. The molecule has 2 aromatic heterocycles. The maximum Gasteiger partial charge on any atom is 0.226 e. The van der Waals surface area contributed by atoms with Gasteiger partial charge < -0.3 is 5.32 Å². The molecule has 0 aliphatic rings. The van der Waals surface area contributed by atoms with Crippen LogP contribution in [0.25, 0.3) is 0 Å². The third-order valence-corrected chi connectivity index (χ3v) is 5.01. The SMILES string of the molecule is Cc1ccccc1CNC(=O)Cc1csc(CCc2ccncc2)n1. The van der Waals surface area contributed by atoms with Crippen LogP contribution in [0.5, 0.6) is 0 Å². The van der Waals surface area contributed by atoms with E-state index in [-0.39, 0.29) is 5.91 Å². The van der Waals surface area contributed by atoms with Crippen LogP contribution in [0.3, 0.4) is 0 Å². The minimum Gasteiger partial charge on any atom is -0.352 e. The molecular formula is C20H21N3OS. The number of carbonyl (C=O) groups is 1. The summed E-state index contributed by atoms with van der Waals surface area (Å²) in [6.07, 6.45) is 5.77. The molecule has 0 fully saturated rings. The number of aromatic nitrogens is 2. The maximum atomic E-state index is 12.1. The van der Waals surface area contributed by atoms with Crippen molar-refractivity contribution < 1.29 is 4.79 Å². The largest absolute Gasteiger partial charge is 0.352 e. The number of carbonyl (C=O) groups excluding carboxylic acids is 1. The molecule has 3 rings (SSSR count). The summed E-state index contributed by atoms with van der Waals surface area (Å²) in [6, 6.07) is 12.1. The van der Waals surface area contributed by atoms with Gasteiger partial charge in [0, 0.05) is 30.7 Å². The van der Waals surface area contributed by atoms with Crippen LogP contribution in [-0.4, -0.2) is 15.9 Å². The average molecular weight is 351 g/mol. The highest BCUT2D eigenvalue weighted by atomic mass is 32.1. The second-order valence-electron chi connectivity index (χ2n) is 5.97. The molecule has 4 nitrogen and oxygen atoms in total. The Hall–Kier alpha value is -2.53. The van der Waals surface area contributed by atoms with Crippen molar-refractivity contribution in [2.24, 2.45) is 0 Å². The molecule has 0 aliphatic carbocycles. The molecule has 0 spiro atoms. The fraction of sp³-hybridized carbons (Fsp3) is 0.250. The molecule has 0 saturated heterocycles. The number of thiazole rings is 1. The first kappa shape index (κ1) is 17.3. The van der Waals surface area contributed by atoms with Crippen LogP contribution in [0.2, 0.25) is 0 Å². The Morgan fingerprint density at radius 3 is 2.72 bits per heavy atom. The number of rotatable bonds is 7. The summed E-state index contributed by atoms with van der Waals surface area (Å²) >= 11 is 1.62. The molecule has 1 amide bonds. The average Bonchev–Trinajstić information content (AvgIpc) is 3.07. The zero-order valence-corrected chi connectivity index (χ0v) is 15.1. The van der Waals surface area contributed by atoms with Crippen LogP contribution in [-0.2, 0) is 30.6 Å². The van der Waals surface area contributed by atoms with Gasteiger partial charge in [-0.1, -0.05) is 24.3 Å². The lowest BCUT2D eigenvalue weighted by molar-refractivity contribution is -0.120. The Balaban J connectivity index is 1.47. The van der Waals surface area contributed by atoms with Gasteiger partial charge in [-0.25, -0.2) is 4.98 Å². The van der Waals surface area contributed by atoms with Gasteiger partial charge in [0.15, 0.2) is 0 Å². The van der Waals surface area contributed by atoms with E-state index in [0.29, 0.717) is 13.0 Å². The van der Waals surface area contributed by atoms with Crippen LogP contribution in [0.4, 0.5) is 0 Å². The Morgan fingerprint density at radius 2 is 1.92 bits per heavy atom. The predicted molar refractivity (Wildman–Crippen MR) is 100 cm³/mol. The molecule has 0 aliphatic heterocycles. The Labute approximate surface area is 152 Å². The Kier molecular flexibility index (Phi) is 5.90. The molecule has 25 heavy (non-hydrogen) atoms. The van der Waals surface area contributed by atoms with E-state index in [4.69, 9.17) is 0 Å². The Bertz CT molecular complexity index is 830. The van der Waals surface area contributed by atoms with E-state index < -0.39 is 0 Å². The number of hydrogen-bond acceptors (Lipinski definition) is 4. The van der Waals surface area contributed by atoms with Crippen LogP contribution >= 0.6 is 11.3 Å². The lowest BCUT2D eigenvalue weighted by Gasteiger charge is -2.07. The minimum absolute atomic E-state index is 0.00855. The van der Waals surface area contributed by atoms with Gasteiger partial charge >= 0.3 is 0 Å². The number of benzene rings is 1. The van der Waals surface area contributed by atoms with Crippen LogP contribution in [0.15, 0.2) is 54.2 Å². The first-order valence-electron chi connectivity index (χ1n) is 8.34. The van der Waals surface area contributed by atoms with Crippen molar-refractivity contribution in [3.8, 4) is 0 Å². The van der Waals surface area contributed by atoms with E-state index in [9.17, 15) is 4.79 Å². The summed E-state index contributed by atoms with van der Waals surface area (Å²) in [5, 5.41) is 6.02. The lowest BCUT2D eigenvalue weighted by Crippen LogP contribution is -2.25. The van der Waals surface area contributed by atoms with Gasteiger partial charge in [-0.2, -0.15) is 0 Å². The van der Waals surface area contributed by atoms with Crippen LogP contribution in [0.1, 0.15) is 27.4 Å². The van der Waals surface area contributed by atoms with Crippen molar-refractivity contribution in [2.45, 2.75) is 32.7 Å². The highest BCUT2D eigenvalue weighted by Crippen LogP contribution is 2.13. The predicted octanol–water partition coefficient (Wildman–Crippen LogP) is 3.49. The normalized spacial score (nSPS) is 10.6. The molecule has 0 radical (unpaired) electrons. The summed E-state index contributed by atoms with van der Waals surface area (Å²) in [5.41, 5.74) is 4.43. The van der Waals surface area contributed by atoms with E-state index in [1.165, 1.54) is 11.1 Å². The number of amides is 1. The number of nitrogens with one attached hydrogen (secondary N) is 1. The number of nitrogens with zero attached hydrogens (tertiary/aromatic N) is 2. The van der Waals surface area contributed by atoms with Gasteiger partial charge in [0.1, 0.15) is 0 Å². The molecule has 0 atom stereocenters. The fourth-order valence-electron chi connectivity index (χ4n) is 2.57. The van der Waals surface area contributed by atoms with Crippen LogP contribution in [0, 0.1) is 6.92 Å². The third-order valence-electron chi connectivity index (χ3n) is 4.06. The zero-order valence-electron chi connectivity index (χ0n) is 14.2. The summed E-state index contributed by atoms with van der Waals surface area (Å²) in [4.78, 5) is 20.7. The maximum absolute atomic E-state index is 12.1. The molecule has 3 aromatic rings. The molecule has 5 heteroatoms. The fourth-order valence-corrected chi connectivity index (χ4v) is 3.37. The van der Waals surface area contributed by atoms with Crippen LogP contribution < -0.4 is 5.32 Å². The minimum atomic E-state index is 0.00855. The van der Waals surface area contributed by atoms with Gasteiger partial charge in [-0.15, -0.1) is 11.3 Å². The van der Waals surface area contributed by atoms with E-state index in [2.05, 4.69) is 28.3 Å². The van der Waals surface area contributed by atoms with Gasteiger partial charge in [0.25, 0.3) is 0 Å². The number of pyridine rings is 1. The second-order valence-corrected chi connectivity index (χ2v) is 6.91. The van der Waals surface area contributed by atoms with Gasteiger partial charge in [-0.05, 0) is 42.2 Å². The smallest absolute Gasteiger partial charge is 0.226 e. The summed E-state index contributed by atoms with van der Waals surface area (Å²) in [5.74, 6) is 0.00855. The van der Waals surface area contributed by atoms with E-state index in [1.54, 1.807) is 23.7 Å². The number of aryl methyl sites for hydroxylation is 3. The first-order valence-corrected chi connectivity index (χ1v) is 9.22. The molecule has 128 valence electrons. The van der Waals surface area contributed by atoms with Crippen molar-refractivity contribution in [3.63, 3.8) is 0 Å². The molecule has 1 N–H and O–H groups in total. The molecule has 0 bridgehead atoms. The van der Waals surface area contributed by atoms with Gasteiger partial charge in [0.2, 0.25) is 5.91 Å². The topological polar surface area (TPSA) is 54.9 Å². The summed E-state index contributed by atoms with van der Waals surface area (Å²) in [6.45, 7) is 2.61. The van der Waals surface area contributed by atoms with Gasteiger partial charge in [0.05, 0.1) is 17.1 Å².